The Morgan fingerprint density at radius 3 is 1.64 bits per heavy atom. The topological polar surface area (TPSA) is 12.0 Å². The molecule has 0 heterocycles. The second-order valence-corrected chi connectivity index (χ2v) is 13.5. The summed E-state index contributed by atoms with van der Waals surface area (Å²) >= 11 is 0. The Morgan fingerprint density at radius 2 is 1.13 bits per heavy atom. The van der Waals surface area contributed by atoms with Crippen molar-refractivity contribution in [3.63, 3.8) is 0 Å². The summed E-state index contributed by atoms with van der Waals surface area (Å²) in [5.74, 6) is 0. The molecule has 45 heavy (non-hydrogen) atoms. The molecule has 0 spiro atoms. The van der Waals surface area contributed by atoms with Gasteiger partial charge in [0.25, 0.3) is 0 Å². The lowest BCUT2D eigenvalue weighted by atomic mass is 9.70. The fraction of sp³-hybridized carbons (Fsp3) is 0.364. The SMILES string of the molecule is CCCCCCC1(CCCCCC)c2cc(-c3ccc(C)cc3)ccc2-c2ccc(-c3ccc(NC4=CC=CCC4)cc3)cc21. The summed E-state index contributed by atoms with van der Waals surface area (Å²) < 4.78 is 0. The summed E-state index contributed by atoms with van der Waals surface area (Å²) in [4.78, 5) is 0. The van der Waals surface area contributed by atoms with Crippen molar-refractivity contribution in [1.29, 1.82) is 0 Å². The van der Waals surface area contributed by atoms with Crippen molar-refractivity contribution in [2.24, 2.45) is 0 Å². The zero-order valence-electron chi connectivity index (χ0n) is 27.8. The number of hydrogen-bond acceptors (Lipinski definition) is 1. The maximum atomic E-state index is 3.62. The average molecular weight is 594 g/mol. The summed E-state index contributed by atoms with van der Waals surface area (Å²) in [7, 11) is 0. The van der Waals surface area contributed by atoms with Gasteiger partial charge in [0, 0.05) is 16.8 Å². The Kier molecular flexibility index (Phi) is 10.0. The maximum Gasteiger partial charge on any atom is 0.0382 e. The molecule has 0 fully saturated rings. The summed E-state index contributed by atoms with van der Waals surface area (Å²) in [5.41, 5.74) is 15.2. The molecular formula is C44H51N. The number of benzene rings is 4. The van der Waals surface area contributed by atoms with Crippen LogP contribution in [-0.2, 0) is 5.41 Å². The molecule has 2 aliphatic rings. The third-order valence-corrected chi connectivity index (χ3v) is 10.2. The Balaban J connectivity index is 1.40. The third kappa shape index (κ3) is 6.89. The first-order valence-corrected chi connectivity index (χ1v) is 17.7. The van der Waals surface area contributed by atoms with Gasteiger partial charge >= 0.3 is 0 Å². The van der Waals surface area contributed by atoms with Crippen molar-refractivity contribution < 1.29 is 0 Å². The van der Waals surface area contributed by atoms with Gasteiger partial charge in [-0.05, 0) is 107 Å². The molecule has 0 saturated carbocycles. The predicted octanol–water partition coefficient (Wildman–Crippen LogP) is 13.2. The van der Waals surface area contributed by atoms with E-state index in [-0.39, 0.29) is 5.41 Å². The highest BCUT2D eigenvalue weighted by molar-refractivity contribution is 5.86. The molecule has 2 aliphatic carbocycles. The molecule has 0 aliphatic heterocycles. The number of rotatable bonds is 14. The van der Waals surface area contributed by atoms with Gasteiger partial charge in [-0.2, -0.15) is 0 Å². The molecule has 4 aromatic carbocycles. The molecule has 1 heteroatoms. The zero-order chi connectivity index (χ0) is 31.1. The van der Waals surface area contributed by atoms with Gasteiger partial charge in [-0.1, -0.05) is 144 Å². The van der Waals surface area contributed by atoms with E-state index in [0.29, 0.717) is 0 Å². The van der Waals surface area contributed by atoms with Gasteiger partial charge in [0.2, 0.25) is 0 Å². The highest BCUT2D eigenvalue weighted by atomic mass is 14.9. The molecule has 0 unspecified atom stereocenters. The van der Waals surface area contributed by atoms with Gasteiger partial charge in [-0.3, -0.25) is 0 Å². The van der Waals surface area contributed by atoms with E-state index < -0.39 is 0 Å². The first-order chi connectivity index (χ1) is 22.1. The molecule has 1 nitrogen and oxygen atoms in total. The first kappa shape index (κ1) is 31.2. The highest BCUT2D eigenvalue weighted by Crippen LogP contribution is 2.55. The normalized spacial score (nSPS) is 14.6. The van der Waals surface area contributed by atoms with Crippen LogP contribution in [0.3, 0.4) is 0 Å². The minimum Gasteiger partial charge on any atom is -0.359 e. The Labute approximate surface area is 272 Å². The van der Waals surface area contributed by atoms with E-state index in [1.165, 1.54) is 115 Å². The van der Waals surface area contributed by atoms with E-state index in [2.05, 4.69) is 129 Å². The van der Waals surface area contributed by atoms with Crippen molar-refractivity contribution in [2.75, 3.05) is 5.32 Å². The average Bonchev–Trinajstić information content (AvgIpc) is 3.34. The van der Waals surface area contributed by atoms with Gasteiger partial charge in [0.05, 0.1) is 0 Å². The number of anilines is 1. The molecule has 0 aromatic heterocycles. The van der Waals surface area contributed by atoms with Gasteiger partial charge in [-0.25, -0.2) is 0 Å². The van der Waals surface area contributed by atoms with Crippen LogP contribution in [0.25, 0.3) is 33.4 Å². The lowest BCUT2D eigenvalue weighted by Gasteiger charge is -2.33. The van der Waals surface area contributed by atoms with Crippen LogP contribution in [0.1, 0.15) is 108 Å². The number of nitrogens with one attached hydrogen (secondary N) is 1. The van der Waals surface area contributed by atoms with Crippen LogP contribution in [0, 0.1) is 6.92 Å². The standard InChI is InChI=1S/C44H51N/c1-4-6-8-13-29-44(30-14-9-7-5-2)42-31-36(34-19-17-33(3)18-20-34)23-27-40(42)41-28-24-37(32-43(41)44)35-21-25-39(26-22-35)45-38-15-11-10-12-16-38/h10-11,15,17-28,31-32,45H,4-9,12-14,16,29-30H2,1-3H3. The minimum atomic E-state index is 0.0609. The van der Waals surface area contributed by atoms with Crippen molar-refractivity contribution >= 4 is 5.69 Å². The van der Waals surface area contributed by atoms with Gasteiger partial charge in [0.1, 0.15) is 0 Å². The van der Waals surface area contributed by atoms with E-state index in [9.17, 15) is 0 Å². The predicted molar refractivity (Wildman–Crippen MR) is 196 cm³/mol. The van der Waals surface area contributed by atoms with Crippen molar-refractivity contribution in [2.45, 2.75) is 103 Å². The summed E-state index contributed by atoms with van der Waals surface area (Å²) in [5, 5.41) is 3.62. The van der Waals surface area contributed by atoms with Gasteiger partial charge in [0.15, 0.2) is 0 Å². The van der Waals surface area contributed by atoms with Crippen molar-refractivity contribution in [3.8, 4) is 33.4 Å². The van der Waals surface area contributed by atoms with Crippen LogP contribution in [0.15, 0.2) is 109 Å². The molecule has 0 bridgehead atoms. The lowest BCUT2D eigenvalue weighted by Crippen LogP contribution is -2.25. The highest BCUT2D eigenvalue weighted by Gasteiger charge is 2.42. The van der Waals surface area contributed by atoms with E-state index >= 15 is 0 Å². The summed E-state index contributed by atoms with van der Waals surface area (Å²) in [6.07, 6.45) is 21.6. The van der Waals surface area contributed by atoms with E-state index in [4.69, 9.17) is 0 Å². The smallest absolute Gasteiger partial charge is 0.0382 e. The maximum absolute atomic E-state index is 3.62. The molecule has 1 N–H and O–H groups in total. The Hall–Kier alpha value is -3.84. The number of aryl methyl sites for hydroxylation is 1. The van der Waals surface area contributed by atoms with Crippen molar-refractivity contribution in [1.82, 2.24) is 0 Å². The monoisotopic (exact) mass is 593 g/mol. The number of allylic oxidation sites excluding steroid dienone is 4. The van der Waals surface area contributed by atoms with Crippen molar-refractivity contribution in [3.05, 3.63) is 126 Å². The van der Waals surface area contributed by atoms with Crippen LogP contribution < -0.4 is 5.32 Å². The fourth-order valence-corrected chi connectivity index (χ4v) is 7.61. The molecule has 4 aromatic rings. The summed E-state index contributed by atoms with van der Waals surface area (Å²) in [6.45, 7) is 6.82. The second-order valence-electron chi connectivity index (χ2n) is 13.5. The van der Waals surface area contributed by atoms with Crippen LogP contribution in [-0.4, -0.2) is 0 Å². The molecule has 6 rings (SSSR count). The molecule has 0 radical (unpaired) electrons. The van der Waals surface area contributed by atoms with Crippen LogP contribution in [0.5, 0.6) is 0 Å². The molecular weight excluding hydrogens is 542 g/mol. The van der Waals surface area contributed by atoms with E-state index in [1.54, 1.807) is 11.1 Å². The Bertz CT molecular complexity index is 1620. The molecule has 0 saturated heterocycles. The first-order valence-electron chi connectivity index (χ1n) is 17.7. The van der Waals surface area contributed by atoms with Gasteiger partial charge in [-0.15, -0.1) is 0 Å². The molecule has 0 amide bonds. The largest absolute Gasteiger partial charge is 0.359 e. The third-order valence-electron chi connectivity index (χ3n) is 10.2. The van der Waals surface area contributed by atoms with Crippen LogP contribution in [0.2, 0.25) is 0 Å². The molecule has 0 atom stereocenters. The van der Waals surface area contributed by atoms with E-state index in [0.717, 1.165) is 12.8 Å². The van der Waals surface area contributed by atoms with Crippen LogP contribution in [0.4, 0.5) is 5.69 Å². The minimum absolute atomic E-state index is 0.0609. The quantitative estimate of drug-likeness (QED) is 0.143. The zero-order valence-corrected chi connectivity index (χ0v) is 27.8. The number of fused-ring (bicyclic) bond motifs is 3. The fourth-order valence-electron chi connectivity index (χ4n) is 7.61. The van der Waals surface area contributed by atoms with Crippen LogP contribution >= 0.6 is 0 Å². The summed E-state index contributed by atoms with van der Waals surface area (Å²) in [6, 6.07) is 32.9. The number of hydrogen-bond donors (Lipinski definition) is 1. The van der Waals surface area contributed by atoms with E-state index in [1.807, 2.05) is 0 Å². The lowest BCUT2D eigenvalue weighted by molar-refractivity contribution is 0.401. The Morgan fingerprint density at radius 1 is 0.600 bits per heavy atom. The second kappa shape index (κ2) is 14.5. The number of unbranched alkanes of at least 4 members (excludes halogenated alkanes) is 6. The molecule has 232 valence electrons. The van der Waals surface area contributed by atoms with Gasteiger partial charge < -0.3 is 5.32 Å².